The highest BCUT2D eigenvalue weighted by molar-refractivity contribution is 5.76. The minimum absolute atomic E-state index is 0.0250. The third-order valence-electron chi connectivity index (χ3n) is 5.56. The van der Waals surface area contributed by atoms with E-state index >= 15 is 0 Å². The van der Waals surface area contributed by atoms with E-state index in [0.717, 1.165) is 12.8 Å². The summed E-state index contributed by atoms with van der Waals surface area (Å²) in [7, 11) is 0. The maximum atomic E-state index is 12.0. The van der Waals surface area contributed by atoms with Gasteiger partial charge in [-0.2, -0.15) is 0 Å². The molecule has 0 radical (unpaired) electrons. The molecule has 1 amide bonds. The van der Waals surface area contributed by atoms with Crippen molar-refractivity contribution in [2.45, 2.75) is 129 Å². The topological polar surface area (TPSA) is 69.6 Å². The average Bonchev–Trinajstić information content (AvgIpc) is 2.68. The van der Waals surface area contributed by atoms with Crippen molar-refractivity contribution in [1.29, 1.82) is 0 Å². The normalized spacial score (nSPS) is 13.9. The minimum atomic E-state index is -1.38. The van der Waals surface area contributed by atoms with E-state index in [9.17, 15) is 15.0 Å². The Morgan fingerprint density at radius 2 is 1.32 bits per heavy atom. The molecule has 0 aliphatic rings. The van der Waals surface area contributed by atoms with Crippen LogP contribution in [-0.4, -0.2) is 28.5 Å². The highest BCUT2D eigenvalue weighted by Crippen LogP contribution is 2.12. The molecule has 0 bridgehead atoms. The van der Waals surface area contributed by atoms with Gasteiger partial charge >= 0.3 is 0 Å². The standard InChI is InChI=1S/C24H47NO3/c1-4-6-7-8-9-10-11-12-13-14-15-16-17-18-19-20-23(26)25-22(5-2)21(3)24(27)28/h12-13,21-22,24,27-28H,4-11,14-20H2,1-3H3,(H,25,26). The van der Waals surface area contributed by atoms with Gasteiger partial charge in [-0.05, 0) is 38.5 Å². The molecule has 4 nitrogen and oxygen atoms in total. The molecule has 3 N–H and O–H groups in total. The largest absolute Gasteiger partial charge is 0.368 e. The zero-order chi connectivity index (χ0) is 21.0. The lowest BCUT2D eigenvalue weighted by atomic mass is 9.98. The van der Waals surface area contributed by atoms with Crippen LogP contribution in [0.25, 0.3) is 0 Å². The SMILES string of the molecule is CCCCCCCCC=CCCCCCCCC(=O)NC(CC)C(C)C(O)O. The van der Waals surface area contributed by atoms with Crippen LogP contribution in [0, 0.1) is 5.92 Å². The molecule has 0 aliphatic carbocycles. The molecule has 0 aromatic carbocycles. The number of nitrogens with one attached hydrogen (secondary N) is 1. The highest BCUT2D eigenvalue weighted by atomic mass is 16.5. The van der Waals surface area contributed by atoms with E-state index < -0.39 is 6.29 Å². The Morgan fingerprint density at radius 3 is 1.82 bits per heavy atom. The van der Waals surface area contributed by atoms with Gasteiger partial charge in [-0.1, -0.05) is 84.3 Å². The molecule has 0 saturated carbocycles. The summed E-state index contributed by atoms with van der Waals surface area (Å²) in [5, 5.41) is 21.4. The number of rotatable bonds is 19. The smallest absolute Gasteiger partial charge is 0.220 e. The Labute approximate surface area is 174 Å². The Balaban J connectivity index is 3.49. The number of hydrogen-bond acceptors (Lipinski definition) is 3. The van der Waals surface area contributed by atoms with E-state index in [0.29, 0.717) is 12.8 Å². The van der Waals surface area contributed by atoms with Gasteiger partial charge in [0.25, 0.3) is 0 Å². The monoisotopic (exact) mass is 397 g/mol. The Hall–Kier alpha value is -0.870. The molecule has 0 spiro atoms. The Bertz CT molecular complexity index is 382. The Morgan fingerprint density at radius 1 is 0.821 bits per heavy atom. The molecular formula is C24H47NO3. The van der Waals surface area contributed by atoms with Crippen LogP contribution in [0.2, 0.25) is 0 Å². The summed E-state index contributed by atoms with van der Waals surface area (Å²) >= 11 is 0. The van der Waals surface area contributed by atoms with Crippen molar-refractivity contribution < 1.29 is 15.0 Å². The first-order chi connectivity index (χ1) is 13.5. The van der Waals surface area contributed by atoms with Gasteiger partial charge in [-0.25, -0.2) is 0 Å². The Kier molecular flexibility index (Phi) is 18.8. The van der Waals surface area contributed by atoms with Gasteiger partial charge in [0, 0.05) is 18.4 Å². The fraction of sp³-hybridized carbons (Fsp3) is 0.875. The molecule has 2 atom stereocenters. The number of aliphatic hydroxyl groups excluding tert-OH is 1. The molecule has 2 unspecified atom stereocenters. The molecule has 28 heavy (non-hydrogen) atoms. The molecule has 0 aromatic heterocycles. The first-order valence-corrected chi connectivity index (χ1v) is 11.8. The van der Waals surface area contributed by atoms with E-state index in [-0.39, 0.29) is 17.9 Å². The fourth-order valence-electron chi connectivity index (χ4n) is 3.45. The van der Waals surface area contributed by atoms with E-state index in [2.05, 4.69) is 24.4 Å². The molecule has 0 rings (SSSR count). The predicted octanol–water partition coefficient (Wildman–Crippen LogP) is 5.87. The fourth-order valence-corrected chi connectivity index (χ4v) is 3.45. The molecule has 0 saturated heterocycles. The molecular weight excluding hydrogens is 350 g/mol. The van der Waals surface area contributed by atoms with Crippen molar-refractivity contribution in [2.24, 2.45) is 5.92 Å². The van der Waals surface area contributed by atoms with Crippen molar-refractivity contribution >= 4 is 5.91 Å². The van der Waals surface area contributed by atoms with E-state index in [4.69, 9.17) is 0 Å². The van der Waals surface area contributed by atoms with Gasteiger partial charge in [0.1, 0.15) is 0 Å². The van der Waals surface area contributed by atoms with Crippen molar-refractivity contribution in [3.8, 4) is 0 Å². The summed E-state index contributed by atoms with van der Waals surface area (Å²) < 4.78 is 0. The van der Waals surface area contributed by atoms with Crippen molar-refractivity contribution in [3.05, 3.63) is 12.2 Å². The summed E-state index contributed by atoms with van der Waals surface area (Å²) in [5.74, 6) is -0.319. The quantitative estimate of drug-likeness (QED) is 0.145. The van der Waals surface area contributed by atoms with Crippen LogP contribution in [0.4, 0.5) is 0 Å². The van der Waals surface area contributed by atoms with Gasteiger partial charge in [0.15, 0.2) is 6.29 Å². The lowest BCUT2D eigenvalue weighted by Crippen LogP contribution is -2.43. The molecule has 0 aromatic rings. The summed E-state index contributed by atoms with van der Waals surface area (Å²) in [6, 6.07) is -0.171. The first kappa shape index (κ1) is 27.1. The van der Waals surface area contributed by atoms with Crippen molar-refractivity contribution in [1.82, 2.24) is 5.32 Å². The lowest BCUT2D eigenvalue weighted by molar-refractivity contribution is -0.124. The minimum Gasteiger partial charge on any atom is -0.368 e. The number of carbonyl (C=O) groups excluding carboxylic acids is 1. The highest BCUT2D eigenvalue weighted by Gasteiger charge is 2.22. The zero-order valence-electron chi connectivity index (χ0n) is 18.8. The second-order valence-electron chi connectivity index (χ2n) is 8.19. The number of carbonyl (C=O) groups is 1. The number of aliphatic hydroxyl groups is 2. The molecule has 0 fully saturated rings. The second kappa shape index (κ2) is 19.4. The molecule has 4 heteroatoms. The summed E-state index contributed by atoms with van der Waals surface area (Å²) in [6.07, 6.45) is 20.8. The van der Waals surface area contributed by atoms with Crippen LogP contribution in [0.1, 0.15) is 117 Å². The van der Waals surface area contributed by atoms with Crippen molar-refractivity contribution in [2.75, 3.05) is 0 Å². The van der Waals surface area contributed by atoms with E-state index in [1.54, 1.807) is 6.92 Å². The van der Waals surface area contributed by atoms with Crippen LogP contribution >= 0.6 is 0 Å². The van der Waals surface area contributed by atoms with Crippen LogP contribution in [0.3, 0.4) is 0 Å². The summed E-state index contributed by atoms with van der Waals surface area (Å²) in [4.78, 5) is 12.0. The van der Waals surface area contributed by atoms with Gasteiger partial charge < -0.3 is 15.5 Å². The number of unbranched alkanes of at least 4 members (excludes halogenated alkanes) is 11. The first-order valence-electron chi connectivity index (χ1n) is 11.8. The zero-order valence-corrected chi connectivity index (χ0v) is 18.8. The van der Waals surface area contributed by atoms with Gasteiger partial charge in [0.2, 0.25) is 5.91 Å². The lowest BCUT2D eigenvalue weighted by Gasteiger charge is -2.25. The van der Waals surface area contributed by atoms with Crippen LogP contribution in [0.15, 0.2) is 12.2 Å². The van der Waals surface area contributed by atoms with E-state index in [1.165, 1.54) is 70.6 Å². The van der Waals surface area contributed by atoms with Gasteiger partial charge in [-0.3, -0.25) is 4.79 Å². The van der Waals surface area contributed by atoms with Gasteiger partial charge in [-0.15, -0.1) is 0 Å². The predicted molar refractivity (Wildman–Crippen MR) is 119 cm³/mol. The van der Waals surface area contributed by atoms with Crippen molar-refractivity contribution in [3.63, 3.8) is 0 Å². The average molecular weight is 398 g/mol. The molecule has 166 valence electrons. The summed E-state index contributed by atoms with van der Waals surface area (Å²) in [5.41, 5.74) is 0. The summed E-state index contributed by atoms with van der Waals surface area (Å²) in [6.45, 7) is 5.96. The maximum Gasteiger partial charge on any atom is 0.220 e. The number of amides is 1. The maximum absolute atomic E-state index is 12.0. The second-order valence-corrected chi connectivity index (χ2v) is 8.19. The van der Waals surface area contributed by atoms with Crippen LogP contribution < -0.4 is 5.32 Å². The molecule has 0 aliphatic heterocycles. The third-order valence-corrected chi connectivity index (χ3v) is 5.56. The third kappa shape index (κ3) is 16.1. The van der Waals surface area contributed by atoms with Gasteiger partial charge in [0.05, 0.1) is 0 Å². The van der Waals surface area contributed by atoms with Crippen LogP contribution in [0.5, 0.6) is 0 Å². The van der Waals surface area contributed by atoms with E-state index in [1.807, 2.05) is 6.92 Å². The molecule has 0 heterocycles. The van der Waals surface area contributed by atoms with Crippen LogP contribution in [-0.2, 0) is 4.79 Å². The number of hydrogen-bond donors (Lipinski definition) is 3. The number of allylic oxidation sites excluding steroid dienone is 2.